The van der Waals surface area contributed by atoms with Gasteiger partial charge in [-0.3, -0.25) is 9.59 Å². The number of hydrogen-bond acceptors (Lipinski definition) is 5. The fourth-order valence-corrected chi connectivity index (χ4v) is 4.27. The highest BCUT2D eigenvalue weighted by Crippen LogP contribution is 2.18. The van der Waals surface area contributed by atoms with E-state index < -0.39 is 10.0 Å². The van der Waals surface area contributed by atoms with E-state index >= 15 is 0 Å². The molecule has 1 aromatic carbocycles. The number of anilines is 1. The summed E-state index contributed by atoms with van der Waals surface area (Å²) >= 11 is 1.26. The third-order valence-corrected chi connectivity index (χ3v) is 6.05. The van der Waals surface area contributed by atoms with Gasteiger partial charge in [-0.1, -0.05) is 31.2 Å². The summed E-state index contributed by atoms with van der Waals surface area (Å²) in [5.74, 6) is 0.504. The quantitative estimate of drug-likeness (QED) is 0.636. The molecule has 1 aliphatic rings. The van der Waals surface area contributed by atoms with Gasteiger partial charge in [0.25, 0.3) is 5.24 Å². The van der Waals surface area contributed by atoms with Crippen molar-refractivity contribution in [2.45, 2.75) is 31.1 Å². The molecule has 0 atom stereocenters. The molecular formula is C16H23N3O4S2. The lowest BCUT2D eigenvalue weighted by Crippen LogP contribution is -2.28. The van der Waals surface area contributed by atoms with Crippen molar-refractivity contribution >= 4 is 38.6 Å². The van der Waals surface area contributed by atoms with Crippen molar-refractivity contribution in [1.82, 2.24) is 9.62 Å². The molecule has 0 spiro atoms. The monoisotopic (exact) mass is 385 g/mol. The summed E-state index contributed by atoms with van der Waals surface area (Å²) in [7, 11) is -3.58. The van der Waals surface area contributed by atoms with Crippen molar-refractivity contribution in [2.75, 3.05) is 30.7 Å². The number of rotatable bonds is 9. The Kier molecular flexibility index (Phi) is 7.27. The minimum atomic E-state index is -3.58. The number of carbonyl (C=O) groups excluding carboxylic acids is 2. The fourth-order valence-electron chi connectivity index (χ4n) is 2.30. The van der Waals surface area contributed by atoms with Crippen LogP contribution in [0.1, 0.15) is 26.2 Å². The van der Waals surface area contributed by atoms with E-state index in [-0.39, 0.29) is 22.5 Å². The van der Waals surface area contributed by atoms with E-state index in [9.17, 15) is 18.0 Å². The zero-order valence-electron chi connectivity index (χ0n) is 14.2. The van der Waals surface area contributed by atoms with E-state index in [0.29, 0.717) is 25.3 Å². The van der Waals surface area contributed by atoms with Crippen LogP contribution >= 0.6 is 11.8 Å². The van der Waals surface area contributed by atoms with Crippen LogP contribution in [-0.2, 0) is 14.8 Å². The zero-order chi connectivity index (χ0) is 18.3. The molecule has 9 heteroatoms. The molecule has 138 valence electrons. The summed E-state index contributed by atoms with van der Waals surface area (Å²) in [5.41, 5.74) is 0.422. The molecule has 7 nitrogen and oxygen atoms in total. The highest BCUT2D eigenvalue weighted by atomic mass is 32.2. The summed E-state index contributed by atoms with van der Waals surface area (Å²) in [6, 6.07) is 6.15. The second kappa shape index (κ2) is 9.21. The largest absolute Gasteiger partial charge is 0.332 e. The van der Waals surface area contributed by atoms with Gasteiger partial charge in [0.15, 0.2) is 0 Å². The van der Waals surface area contributed by atoms with Crippen molar-refractivity contribution < 1.29 is 18.0 Å². The first kappa shape index (κ1) is 19.7. The predicted molar refractivity (Wildman–Crippen MR) is 99.2 cm³/mol. The molecule has 0 unspecified atom stereocenters. The second-order valence-electron chi connectivity index (χ2n) is 5.68. The molecule has 0 aliphatic carbocycles. The Balaban J connectivity index is 1.91. The molecule has 1 fully saturated rings. The number of amides is 2. The molecule has 1 saturated heterocycles. The number of nitrogens with zero attached hydrogens (tertiary/aromatic N) is 1. The van der Waals surface area contributed by atoms with Crippen LogP contribution in [0.15, 0.2) is 29.2 Å². The first-order chi connectivity index (χ1) is 11.9. The fraction of sp³-hybridized carbons (Fsp3) is 0.500. The van der Waals surface area contributed by atoms with E-state index in [2.05, 4.69) is 10.0 Å². The van der Waals surface area contributed by atoms with Crippen molar-refractivity contribution in [3.05, 3.63) is 24.3 Å². The van der Waals surface area contributed by atoms with Gasteiger partial charge in [-0.2, -0.15) is 0 Å². The van der Waals surface area contributed by atoms with Crippen molar-refractivity contribution in [3.63, 3.8) is 0 Å². The molecule has 2 amide bonds. The molecule has 1 aromatic rings. The lowest BCUT2D eigenvalue weighted by atomic mass is 10.3. The van der Waals surface area contributed by atoms with E-state index in [4.69, 9.17) is 0 Å². The SMILES string of the molecule is CCCCNS(=O)(=O)c1cccc(NC(=O)CCN2CCSC2=O)c1. The number of thioether (sulfide) groups is 1. The van der Waals surface area contributed by atoms with E-state index in [1.807, 2.05) is 6.92 Å². The van der Waals surface area contributed by atoms with Gasteiger partial charge in [0.05, 0.1) is 4.90 Å². The smallest absolute Gasteiger partial charge is 0.281 e. The van der Waals surface area contributed by atoms with E-state index in [0.717, 1.165) is 18.6 Å². The Hall–Kier alpha value is -1.58. The minimum Gasteiger partial charge on any atom is -0.332 e. The molecule has 0 aromatic heterocycles. The summed E-state index contributed by atoms with van der Waals surface area (Å²) in [6.45, 7) is 3.40. The first-order valence-corrected chi connectivity index (χ1v) is 10.7. The summed E-state index contributed by atoms with van der Waals surface area (Å²) in [5, 5.41) is 2.68. The molecule has 2 N–H and O–H groups in total. The van der Waals surface area contributed by atoms with Crippen LogP contribution in [0.3, 0.4) is 0 Å². The lowest BCUT2D eigenvalue weighted by Gasteiger charge is -2.14. The van der Waals surface area contributed by atoms with E-state index in [1.165, 1.54) is 23.9 Å². The zero-order valence-corrected chi connectivity index (χ0v) is 15.8. The Morgan fingerprint density at radius 2 is 2.16 bits per heavy atom. The van der Waals surface area contributed by atoms with Crippen LogP contribution < -0.4 is 10.0 Å². The van der Waals surface area contributed by atoms with Crippen LogP contribution in [0.25, 0.3) is 0 Å². The molecular weight excluding hydrogens is 362 g/mol. The van der Waals surface area contributed by atoms with Gasteiger partial charge in [-0.05, 0) is 24.6 Å². The third-order valence-electron chi connectivity index (χ3n) is 3.70. The summed E-state index contributed by atoms with van der Waals surface area (Å²) < 4.78 is 27.0. The average Bonchev–Trinajstić information content (AvgIpc) is 2.98. The summed E-state index contributed by atoms with van der Waals surface area (Å²) in [4.78, 5) is 25.3. The van der Waals surface area contributed by atoms with Gasteiger partial charge >= 0.3 is 0 Å². The Bertz CT molecular complexity index is 722. The van der Waals surface area contributed by atoms with Crippen LogP contribution in [0.2, 0.25) is 0 Å². The number of carbonyl (C=O) groups is 2. The van der Waals surface area contributed by atoms with Gasteiger partial charge < -0.3 is 10.2 Å². The molecule has 0 radical (unpaired) electrons. The van der Waals surface area contributed by atoms with Crippen molar-refractivity contribution in [2.24, 2.45) is 0 Å². The number of benzene rings is 1. The molecule has 0 bridgehead atoms. The van der Waals surface area contributed by atoms with Crippen molar-refractivity contribution in [3.8, 4) is 0 Å². The first-order valence-electron chi connectivity index (χ1n) is 8.23. The molecule has 0 saturated carbocycles. The van der Waals surface area contributed by atoms with Crippen LogP contribution in [-0.4, -0.2) is 49.9 Å². The number of unbranched alkanes of at least 4 members (excludes halogenated alkanes) is 1. The van der Waals surface area contributed by atoms with Gasteiger partial charge in [0, 0.05) is 37.5 Å². The molecule has 1 aliphatic heterocycles. The highest BCUT2D eigenvalue weighted by Gasteiger charge is 2.21. The molecule has 2 rings (SSSR count). The lowest BCUT2D eigenvalue weighted by molar-refractivity contribution is -0.116. The molecule has 1 heterocycles. The maximum atomic E-state index is 12.2. The Morgan fingerprint density at radius 3 is 2.84 bits per heavy atom. The number of hydrogen-bond donors (Lipinski definition) is 2. The predicted octanol–water partition coefficient (Wildman–Crippen LogP) is 2.26. The van der Waals surface area contributed by atoms with Crippen molar-refractivity contribution in [1.29, 1.82) is 0 Å². The maximum Gasteiger partial charge on any atom is 0.281 e. The van der Waals surface area contributed by atoms with Gasteiger partial charge in [-0.25, -0.2) is 13.1 Å². The van der Waals surface area contributed by atoms with E-state index in [1.54, 1.807) is 17.0 Å². The Labute approximate surface area is 152 Å². The van der Waals surface area contributed by atoms with Crippen LogP contribution in [0, 0.1) is 0 Å². The van der Waals surface area contributed by atoms with Crippen LogP contribution in [0.4, 0.5) is 10.5 Å². The van der Waals surface area contributed by atoms with Gasteiger partial charge in [0.2, 0.25) is 15.9 Å². The number of nitrogens with one attached hydrogen (secondary N) is 2. The van der Waals surface area contributed by atoms with Gasteiger partial charge in [0.1, 0.15) is 0 Å². The minimum absolute atomic E-state index is 0.000885. The summed E-state index contributed by atoms with van der Waals surface area (Å²) in [6.07, 6.45) is 1.85. The molecule has 25 heavy (non-hydrogen) atoms. The average molecular weight is 386 g/mol. The third kappa shape index (κ3) is 6.02. The maximum absolute atomic E-state index is 12.2. The standard InChI is InChI=1S/C16H23N3O4S2/c1-2-3-8-17-25(22,23)14-6-4-5-13(12-14)18-15(20)7-9-19-10-11-24-16(19)21/h4-6,12,17H,2-3,7-11H2,1H3,(H,18,20). The van der Waals surface area contributed by atoms with Gasteiger partial charge in [-0.15, -0.1) is 0 Å². The topological polar surface area (TPSA) is 95.6 Å². The second-order valence-corrected chi connectivity index (χ2v) is 8.49. The highest BCUT2D eigenvalue weighted by molar-refractivity contribution is 8.13. The number of sulfonamides is 1. The van der Waals surface area contributed by atoms with Crippen LogP contribution in [0.5, 0.6) is 0 Å². The normalized spacial score (nSPS) is 14.8. The Morgan fingerprint density at radius 1 is 1.36 bits per heavy atom.